The van der Waals surface area contributed by atoms with Crippen molar-refractivity contribution in [3.63, 3.8) is 0 Å². The average Bonchev–Trinajstić information content (AvgIpc) is 2.14. The Morgan fingerprint density at radius 3 is 2.44 bits per heavy atom. The number of hydrogen-bond donors (Lipinski definition) is 0. The molecule has 0 aliphatic heterocycles. The fourth-order valence-electron chi connectivity index (χ4n) is 1.32. The molecule has 0 saturated heterocycles. The third-order valence-corrected chi connectivity index (χ3v) is 1.98. The monoisotopic (exact) mass is 227 g/mol. The van der Waals surface area contributed by atoms with Crippen LogP contribution in [0.25, 0.3) is 0 Å². The van der Waals surface area contributed by atoms with Gasteiger partial charge < -0.3 is 9.64 Å². The first-order chi connectivity index (χ1) is 7.40. The highest BCUT2D eigenvalue weighted by Gasteiger charge is 2.20. The van der Waals surface area contributed by atoms with Crippen LogP contribution in [0.3, 0.4) is 0 Å². The molecule has 0 fully saturated rings. The molecule has 0 atom stereocenters. The summed E-state index contributed by atoms with van der Waals surface area (Å²) < 4.78 is 5.34. The van der Waals surface area contributed by atoms with Gasteiger partial charge in [-0.3, -0.25) is 0 Å². The standard InChI is InChI=1S/C13H25NO2/c1-6-8-9-11-14(10-7-2)12(15)16-13(3,4)5/h6H,1,7-11H2,2-5H3. The van der Waals surface area contributed by atoms with E-state index < -0.39 is 5.60 Å². The van der Waals surface area contributed by atoms with E-state index in [1.165, 1.54) is 0 Å². The van der Waals surface area contributed by atoms with E-state index >= 15 is 0 Å². The maximum Gasteiger partial charge on any atom is 0.410 e. The van der Waals surface area contributed by atoms with Crippen molar-refractivity contribution in [1.29, 1.82) is 0 Å². The SMILES string of the molecule is C=CCCCN(CCC)C(=O)OC(C)(C)C. The summed E-state index contributed by atoms with van der Waals surface area (Å²) in [5.74, 6) is 0. The van der Waals surface area contributed by atoms with E-state index in [2.05, 4.69) is 13.5 Å². The van der Waals surface area contributed by atoms with Gasteiger partial charge in [0.2, 0.25) is 0 Å². The van der Waals surface area contributed by atoms with Crippen LogP contribution in [0.2, 0.25) is 0 Å². The van der Waals surface area contributed by atoms with E-state index in [0.29, 0.717) is 0 Å². The van der Waals surface area contributed by atoms with Crippen molar-refractivity contribution in [2.45, 2.75) is 52.6 Å². The van der Waals surface area contributed by atoms with Gasteiger partial charge in [0, 0.05) is 13.1 Å². The zero-order valence-corrected chi connectivity index (χ0v) is 11.1. The minimum Gasteiger partial charge on any atom is -0.444 e. The number of nitrogens with zero attached hydrogens (tertiary/aromatic N) is 1. The summed E-state index contributed by atoms with van der Waals surface area (Å²) in [6.45, 7) is 12.9. The Morgan fingerprint density at radius 1 is 1.38 bits per heavy atom. The minimum atomic E-state index is -0.415. The lowest BCUT2D eigenvalue weighted by Gasteiger charge is -2.27. The lowest BCUT2D eigenvalue weighted by atomic mass is 10.2. The highest BCUT2D eigenvalue weighted by atomic mass is 16.6. The van der Waals surface area contributed by atoms with Crippen molar-refractivity contribution in [3.8, 4) is 0 Å². The van der Waals surface area contributed by atoms with Crippen LogP contribution in [0.15, 0.2) is 12.7 Å². The molecule has 0 N–H and O–H groups in total. The number of hydrogen-bond acceptors (Lipinski definition) is 2. The Kier molecular flexibility index (Phi) is 6.86. The summed E-state index contributed by atoms with van der Waals surface area (Å²) >= 11 is 0. The van der Waals surface area contributed by atoms with E-state index in [4.69, 9.17) is 4.74 Å². The largest absolute Gasteiger partial charge is 0.444 e. The molecule has 0 heterocycles. The number of ether oxygens (including phenoxy) is 1. The molecule has 0 aromatic rings. The summed E-state index contributed by atoms with van der Waals surface area (Å²) in [5.41, 5.74) is -0.415. The van der Waals surface area contributed by atoms with Crippen molar-refractivity contribution in [2.75, 3.05) is 13.1 Å². The van der Waals surface area contributed by atoms with Crippen molar-refractivity contribution in [2.24, 2.45) is 0 Å². The predicted octanol–water partition coefficient (Wildman–Crippen LogP) is 3.60. The number of rotatable bonds is 6. The topological polar surface area (TPSA) is 29.5 Å². The summed E-state index contributed by atoms with van der Waals surface area (Å²) in [5, 5.41) is 0. The summed E-state index contributed by atoms with van der Waals surface area (Å²) in [4.78, 5) is 13.6. The molecule has 0 unspecified atom stereocenters. The van der Waals surface area contributed by atoms with E-state index in [1.807, 2.05) is 26.8 Å². The predicted molar refractivity (Wildman–Crippen MR) is 67.5 cm³/mol. The molecule has 1 amide bonds. The molecule has 0 aromatic carbocycles. The first-order valence-corrected chi connectivity index (χ1v) is 5.99. The average molecular weight is 227 g/mol. The summed E-state index contributed by atoms with van der Waals surface area (Å²) in [6, 6.07) is 0. The van der Waals surface area contributed by atoms with Gasteiger partial charge in [-0.25, -0.2) is 4.79 Å². The van der Waals surface area contributed by atoms with Gasteiger partial charge in [-0.15, -0.1) is 6.58 Å². The molecule has 0 aliphatic rings. The fourth-order valence-corrected chi connectivity index (χ4v) is 1.32. The number of carbonyl (C=O) groups excluding carboxylic acids is 1. The molecule has 0 aromatic heterocycles. The number of amides is 1. The molecule has 0 spiro atoms. The van der Waals surface area contributed by atoms with Crippen LogP contribution in [0.5, 0.6) is 0 Å². The van der Waals surface area contributed by atoms with Gasteiger partial charge in [0.15, 0.2) is 0 Å². The number of carbonyl (C=O) groups is 1. The number of unbranched alkanes of at least 4 members (excludes halogenated alkanes) is 1. The van der Waals surface area contributed by atoms with E-state index in [-0.39, 0.29) is 6.09 Å². The zero-order valence-electron chi connectivity index (χ0n) is 11.1. The van der Waals surface area contributed by atoms with Crippen LogP contribution >= 0.6 is 0 Å². The van der Waals surface area contributed by atoms with Gasteiger partial charge in [-0.1, -0.05) is 13.0 Å². The van der Waals surface area contributed by atoms with Gasteiger partial charge in [-0.05, 0) is 40.0 Å². The van der Waals surface area contributed by atoms with Gasteiger partial charge in [0.1, 0.15) is 5.60 Å². The van der Waals surface area contributed by atoms with Crippen LogP contribution < -0.4 is 0 Å². The molecule has 0 bridgehead atoms. The third-order valence-electron chi connectivity index (χ3n) is 1.98. The molecule has 0 radical (unpaired) electrons. The molecule has 0 aliphatic carbocycles. The molecule has 3 nitrogen and oxygen atoms in total. The Bertz CT molecular complexity index is 218. The highest BCUT2D eigenvalue weighted by molar-refractivity contribution is 5.68. The summed E-state index contributed by atoms with van der Waals surface area (Å²) in [6.07, 6.45) is 4.50. The van der Waals surface area contributed by atoms with Gasteiger partial charge in [0.25, 0.3) is 0 Å². The van der Waals surface area contributed by atoms with E-state index in [1.54, 1.807) is 4.90 Å². The number of allylic oxidation sites excluding steroid dienone is 1. The van der Waals surface area contributed by atoms with Crippen molar-refractivity contribution in [3.05, 3.63) is 12.7 Å². The maximum absolute atomic E-state index is 11.8. The molecule has 94 valence electrons. The lowest BCUT2D eigenvalue weighted by molar-refractivity contribution is 0.0248. The quantitative estimate of drug-likeness (QED) is 0.512. The molecule has 0 saturated carbocycles. The van der Waals surface area contributed by atoms with E-state index in [9.17, 15) is 4.79 Å². The van der Waals surface area contributed by atoms with Crippen LogP contribution in [-0.4, -0.2) is 29.7 Å². The lowest BCUT2D eigenvalue weighted by Crippen LogP contribution is -2.37. The van der Waals surface area contributed by atoms with Crippen LogP contribution in [0, 0.1) is 0 Å². The van der Waals surface area contributed by atoms with Crippen LogP contribution in [0.4, 0.5) is 4.79 Å². The van der Waals surface area contributed by atoms with Crippen molar-refractivity contribution < 1.29 is 9.53 Å². The van der Waals surface area contributed by atoms with Gasteiger partial charge in [-0.2, -0.15) is 0 Å². The minimum absolute atomic E-state index is 0.210. The molecule has 16 heavy (non-hydrogen) atoms. The van der Waals surface area contributed by atoms with Gasteiger partial charge >= 0.3 is 6.09 Å². The summed E-state index contributed by atoms with van der Waals surface area (Å²) in [7, 11) is 0. The first kappa shape index (κ1) is 15.0. The third kappa shape index (κ3) is 7.32. The van der Waals surface area contributed by atoms with Crippen LogP contribution in [0.1, 0.15) is 47.0 Å². The molecular weight excluding hydrogens is 202 g/mol. The molecule has 3 heteroatoms. The second-order valence-corrected chi connectivity index (χ2v) is 4.90. The molecule has 0 rings (SSSR count). The van der Waals surface area contributed by atoms with E-state index in [0.717, 1.165) is 32.4 Å². The zero-order chi connectivity index (χ0) is 12.6. The maximum atomic E-state index is 11.8. The molecular formula is C13H25NO2. The first-order valence-electron chi connectivity index (χ1n) is 5.99. The van der Waals surface area contributed by atoms with Gasteiger partial charge in [0.05, 0.1) is 0 Å². The Morgan fingerprint density at radius 2 is 2.00 bits per heavy atom. The normalized spacial score (nSPS) is 11.0. The smallest absolute Gasteiger partial charge is 0.410 e. The highest BCUT2D eigenvalue weighted by Crippen LogP contribution is 2.11. The van der Waals surface area contributed by atoms with Crippen molar-refractivity contribution >= 4 is 6.09 Å². The Balaban J connectivity index is 4.17. The fraction of sp³-hybridized carbons (Fsp3) is 0.769. The van der Waals surface area contributed by atoms with Crippen molar-refractivity contribution in [1.82, 2.24) is 4.90 Å². The second kappa shape index (κ2) is 7.31. The second-order valence-electron chi connectivity index (χ2n) is 4.90. The van der Waals surface area contributed by atoms with Crippen LogP contribution in [-0.2, 0) is 4.74 Å². The Hall–Kier alpha value is -0.990. The Labute approximate surface area is 99.5 Å².